The Labute approximate surface area is 367 Å². The Morgan fingerprint density at radius 3 is 1.53 bits per heavy atom. The van der Waals surface area contributed by atoms with Gasteiger partial charge in [0, 0.05) is 25.9 Å². The Kier molecular flexibility index (Phi) is 35.8. The summed E-state index contributed by atoms with van der Waals surface area (Å²) in [5.41, 5.74) is -0.969. The van der Waals surface area contributed by atoms with Gasteiger partial charge in [-0.1, -0.05) is 143 Å². The van der Waals surface area contributed by atoms with Gasteiger partial charge in [-0.3, -0.25) is 14.4 Å². The number of thioether (sulfide) groups is 2. The highest BCUT2D eigenvalue weighted by atomic mass is 32.2. The van der Waals surface area contributed by atoms with Gasteiger partial charge in [-0.2, -0.15) is 0 Å². The van der Waals surface area contributed by atoms with Crippen molar-refractivity contribution in [3.8, 4) is 0 Å². The summed E-state index contributed by atoms with van der Waals surface area (Å²) in [4.78, 5) is 45.1. The summed E-state index contributed by atoms with van der Waals surface area (Å²) < 4.78 is 12.1. The van der Waals surface area contributed by atoms with Gasteiger partial charge in [0.25, 0.3) is 5.91 Å². The molecule has 1 N–H and O–H groups in total. The fraction of sp³-hybridized carbons (Fsp3) is 0.938. The maximum absolute atomic E-state index is 14.1. The van der Waals surface area contributed by atoms with Crippen LogP contribution in [0.25, 0.3) is 0 Å². The van der Waals surface area contributed by atoms with E-state index in [1.54, 1.807) is 0 Å². The molecule has 1 fully saturated rings. The first-order valence-corrected chi connectivity index (χ1v) is 26.6. The maximum atomic E-state index is 14.1. The third kappa shape index (κ3) is 27.1. The van der Waals surface area contributed by atoms with E-state index in [0.29, 0.717) is 43.4 Å². The van der Waals surface area contributed by atoms with Crippen molar-refractivity contribution < 1.29 is 23.9 Å². The van der Waals surface area contributed by atoms with Crippen LogP contribution in [0, 0.1) is 0 Å². The molecule has 0 spiro atoms. The van der Waals surface area contributed by atoms with E-state index in [2.05, 4.69) is 37.9 Å². The average Bonchev–Trinajstić information content (AvgIpc) is 3.19. The van der Waals surface area contributed by atoms with Crippen molar-refractivity contribution in [1.82, 2.24) is 15.1 Å². The molecule has 58 heavy (non-hydrogen) atoms. The van der Waals surface area contributed by atoms with Gasteiger partial charge >= 0.3 is 5.97 Å². The van der Waals surface area contributed by atoms with Gasteiger partial charge < -0.3 is 24.6 Å². The predicted octanol–water partition coefficient (Wildman–Crippen LogP) is 12.4. The zero-order chi connectivity index (χ0) is 42.5. The van der Waals surface area contributed by atoms with Crippen LogP contribution >= 0.6 is 23.5 Å². The predicted molar refractivity (Wildman–Crippen MR) is 252 cm³/mol. The molecule has 0 aliphatic carbocycles. The van der Waals surface area contributed by atoms with E-state index in [-0.39, 0.29) is 37.1 Å². The average molecular weight is 856 g/mol. The molecule has 0 aromatic heterocycles. The molecule has 10 heteroatoms. The number of nitrogens with zero attached hydrogens (tertiary/aromatic N) is 2. The van der Waals surface area contributed by atoms with Crippen molar-refractivity contribution in [2.75, 3.05) is 58.4 Å². The zero-order valence-electron chi connectivity index (χ0n) is 38.9. The Morgan fingerprint density at radius 2 is 1.07 bits per heavy atom. The Balaban J connectivity index is 2.80. The molecular weight excluding hydrogens is 763 g/mol. The van der Waals surface area contributed by atoms with E-state index in [9.17, 15) is 14.4 Å². The Morgan fingerprint density at radius 1 is 0.603 bits per heavy atom. The summed E-state index contributed by atoms with van der Waals surface area (Å²) in [6.45, 7) is 11.4. The van der Waals surface area contributed by atoms with Crippen LogP contribution in [0.15, 0.2) is 0 Å². The van der Waals surface area contributed by atoms with Crippen molar-refractivity contribution >= 4 is 41.3 Å². The third-order valence-corrected chi connectivity index (χ3v) is 14.5. The van der Waals surface area contributed by atoms with Crippen molar-refractivity contribution in [2.45, 2.75) is 230 Å². The summed E-state index contributed by atoms with van der Waals surface area (Å²) in [6, 6.07) is 0. The minimum atomic E-state index is -0.969. The number of esters is 1. The number of hydrogen-bond donors (Lipinski definition) is 1. The van der Waals surface area contributed by atoms with Crippen LogP contribution in [-0.4, -0.2) is 102 Å². The zero-order valence-corrected chi connectivity index (χ0v) is 40.5. The van der Waals surface area contributed by atoms with Gasteiger partial charge in [0.15, 0.2) is 5.54 Å². The van der Waals surface area contributed by atoms with Crippen molar-refractivity contribution in [3.05, 3.63) is 0 Å². The van der Waals surface area contributed by atoms with E-state index in [1.807, 2.05) is 42.5 Å². The fourth-order valence-corrected chi connectivity index (χ4v) is 10.3. The molecule has 1 heterocycles. The summed E-state index contributed by atoms with van der Waals surface area (Å²) in [5.74, 6) is 1.99. The number of carbonyl (C=O) groups excluding carboxylic acids is 3. The molecule has 0 aromatic rings. The van der Waals surface area contributed by atoms with E-state index in [4.69, 9.17) is 9.47 Å². The molecule has 0 aromatic carbocycles. The highest BCUT2D eigenvalue weighted by Crippen LogP contribution is 2.30. The van der Waals surface area contributed by atoms with Gasteiger partial charge in [-0.05, 0) is 89.9 Å². The van der Waals surface area contributed by atoms with Crippen molar-refractivity contribution in [1.29, 1.82) is 0 Å². The van der Waals surface area contributed by atoms with Gasteiger partial charge in [-0.25, -0.2) is 0 Å². The minimum absolute atomic E-state index is 0.00338. The van der Waals surface area contributed by atoms with Crippen LogP contribution in [0.4, 0.5) is 0 Å². The smallest absolute Gasteiger partial charge is 0.306 e. The van der Waals surface area contributed by atoms with Crippen LogP contribution in [0.2, 0.25) is 0 Å². The Bertz CT molecular complexity index is 966. The first kappa shape index (κ1) is 55.0. The highest BCUT2D eigenvalue weighted by molar-refractivity contribution is 8.17. The maximum Gasteiger partial charge on any atom is 0.306 e. The number of unbranched alkanes of at least 4 members (excludes halogenated alkanes) is 19. The molecule has 2 amide bonds. The van der Waals surface area contributed by atoms with Gasteiger partial charge in [0.2, 0.25) is 5.91 Å². The summed E-state index contributed by atoms with van der Waals surface area (Å²) in [6.07, 6.45) is 32.1. The van der Waals surface area contributed by atoms with Crippen LogP contribution in [0.5, 0.6) is 0 Å². The number of ether oxygens (including phenoxy) is 2. The van der Waals surface area contributed by atoms with Gasteiger partial charge in [0.1, 0.15) is 6.10 Å². The normalized spacial score (nSPS) is 13.7. The first-order chi connectivity index (χ1) is 28.2. The molecule has 0 bridgehead atoms. The van der Waals surface area contributed by atoms with Gasteiger partial charge in [0.05, 0.1) is 17.8 Å². The lowest BCUT2D eigenvalue weighted by Crippen LogP contribution is -2.71. The molecule has 0 radical (unpaired) electrons. The molecule has 1 rings (SSSR count). The van der Waals surface area contributed by atoms with E-state index < -0.39 is 5.54 Å². The van der Waals surface area contributed by atoms with Crippen LogP contribution < -0.4 is 5.32 Å². The summed E-state index contributed by atoms with van der Waals surface area (Å²) in [7, 11) is 4.07. The highest BCUT2D eigenvalue weighted by Gasteiger charge is 2.52. The third-order valence-electron chi connectivity index (χ3n) is 11.5. The lowest BCUT2D eigenvalue weighted by Gasteiger charge is -2.48. The lowest BCUT2D eigenvalue weighted by molar-refractivity contribution is -0.180. The second-order valence-corrected chi connectivity index (χ2v) is 20.3. The molecule has 1 saturated heterocycles. The fourth-order valence-electron chi connectivity index (χ4n) is 7.67. The molecular formula is C48H93N3O5S2. The number of rotatable bonds is 42. The molecule has 1 aliphatic heterocycles. The first-order valence-electron chi connectivity index (χ1n) is 24.5. The largest absolute Gasteiger partial charge is 0.462 e. The monoisotopic (exact) mass is 856 g/mol. The molecule has 0 unspecified atom stereocenters. The standard InChI is InChI=1S/C48H93N3O5S2/c1-7-11-15-19-21-25-32-43(33-26-22-20-16-12-8-2)56-45(53)35-28-27-34-44(52)51(37-31-36-50(5)6)48(41-55-42-48)47(54)49-40-46(57-38-29-23-17-13-9-3)58-39-30-24-18-14-10-4/h43,46H,7-42H2,1-6H3,(H,49,54). The van der Waals surface area contributed by atoms with Crippen LogP contribution in [0.1, 0.15) is 214 Å². The second-order valence-electron chi connectivity index (χ2n) is 17.4. The summed E-state index contributed by atoms with van der Waals surface area (Å²) in [5, 5.41) is 3.31. The lowest BCUT2D eigenvalue weighted by atomic mass is 9.92. The molecule has 8 nitrogen and oxygen atoms in total. The number of hydrogen-bond acceptors (Lipinski definition) is 8. The van der Waals surface area contributed by atoms with Crippen LogP contribution in [-0.2, 0) is 23.9 Å². The topological polar surface area (TPSA) is 88.2 Å². The number of nitrogens with one attached hydrogen (secondary N) is 1. The number of carbonyl (C=O) groups is 3. The molecule has 0 atom stereocenters. The molecule has 342 valence electrons. The SMILES string of the molecule is CCCCCCCCC(CCCCCCCC)OC(=O)CCCCC(=O)N(CCCN(C)C)C1(C(=O)NCC(SCCCCCCC)SCCCCCCC)COC1. The second kappa shape index (κ2) is 37.8. The molecule has 0 saturated carbocycles. The van der Waals surface area contributed by atoms with E-state index >= 15 is 0 Å². The number of amides is 2. The van der Waals surface area contributed by atoms with Crippen molar-refractivity contribution in [2.24, 2.45) is 0 Å². The van der Waals surface area contributed by atoms with E-state index in [1.165, 1.54) is 128 Å². The minimum Gasteiger partial charge on any atom is -0.462 e. The molecule has 1 aliphatic rings. The quantitative estimate of drug-likeness (QED) is 0.0369. The van der Waals surface area contributed by atoms with E-state index in [0.717, 1.165) is 50.2 Å². The Hall–Kier alpha value is -0.970. The van der Waals surface area contributed by atoms with Crippen molar-refractivity contribution in [3.63, 3.8) is 0 Å². The van der Waals surface area contributed by atoms with Gasteiger partial charge in [-0.15, -0.1) is 23.5 Å². The van der Waals surface area contributed by atoms with Crippen LogP contribution in [0.3, 0.4) is 0 Å². The summed E-state index contributed by atoms with van der Waals surface area (Å²) >= 11 is 3.97.